The van der Waals surface area contributed by atoms with Crippen molar-refractivity contribution in [2.45, 2.75) is 58.9 Å². The summed E-state index contributed by atoms with van der Waals surface area (Å²) in [4.78, 5) is 36.7. The van der Waals surface area contributed by atoms with E-state index in [0.717, 1.165) is 39.4 Å². The Bertz CT molecular complexity index is 1450. The van der Waals surface area contributed by atoms with Gasteiger partial charge in [0.25, 0.3) is 0 Å². The first-order valence-electron chi connectivity index (χ1n) is 11.9. The fraction of sp³-hybridized carbons (Fsp3) is 0.321. The average Bonchev–Trinajstić information content (AvgIpc) is 3.27. The first-order valence-corrected chi connectivity index (χ1v) is 11.9. The van der Waals surface area contributed by atoms with Crippen molar-refractivity contribution >= 4 is 33.8 Å². The van der Waals surface area contributed by atoms with Crippen LogP contribution in [0.15, 0.2) is 56.3 Å². The number of nitrogens with one attached hydrogen (secondary N) is 1. The number of aliphatic carboxylic acids is 1. The van der Waals surface area contributed by atoms with E-state index in [4.69, 9.17) is 8.83 Å². The highest BCUT2D eigenvalue weighted by molar-refractivity contribution is 6.05. The number of hydrogen-bond acceptors (Lipinski definition) is 5. The predicted molar refractivity (Wildman–Crippen MR) is 135 cm³/mol. The van der Waals surface area contributed by atoms with Crippen LogP contribution in [-0.4, -0.2) is 23.0 Å². The number of fused-ring (bicyclic) bond motifs is 2. The minimum Gasteiger partial charge on any atom is -0.480 e. The number of furan rings is 1. The zero-order valence-corrected chi connectivity index (χ0v) is 20.1. The largest absolute Gasteiger partial charge is 0.480 e. The molecule has 1 unspecified atom stereocenters. The van der Waals surface area contributed by atoms with Crippen molar-refractivity contribution in [1.29, 1.82) is 0 Å². The van der Waals surface area contributed by atoms with Gasteiger partial charge in [-0.1, -0.05) is 50.1 Å². The molecule has 2 aromatic heterocycles. The molecule has 1 atom stereocenters. The third-order valence-corrected chi connectivity index (χ3v) is 6.51. The lowest BCUT2D eigenvalue weighted by Gasteiger charge is -2.14. The molecule has 4 aromatic rings. The molecule has 0 aliphatic carbocycles. The van der Waals surface area contributed by atoms with Crippen LogP contribution in [0, 0.1) is 13.8 Å². The molecular weight excluding hydrogens is 446 g/mol. The van der Waals surface area contributed by atoms with E-state index in [9.17, 15) is 19.5 Å². The summed E-state index contributed by atoms with van der Waals surface area (Å²) in [6, 6.07) is 10.9. The van der Waals surface area contributed by atoms with Crippen molar-refractivity contribution in [2.75, 3.05) is 0 Å². The molecule has 7 heteroatoms. The molecule has 0 saturated heterocycles. The summed E-state index contributed by atoms with van der Waals surface area (Å²) in [5, 5.41) is 13.6. The number of carbonyl (C=O) groups excluding carboxylic acids is 1. The lowest BCUT2D eigenvalue weighted by atomic mass is 9.96. The molecule has 0 aliphatic rings. The monoisotopic (exact) mass is 475 g/mol. The molecule has 182 valence electrons. The molecule has 0 aliphatic heterocycles. The Morgan fingerprint density at radius 1 is 1.06 bits per heavy atom. The van der Waals surface area contributed by atoms with Gasteiger partial charge in [0.15, 0.2) is 0 Å². The first-order chi connectivity index (χ1) is 16.8. The molecule has 1 amide bonds. The maximum Gasteiger partial charge on any atom is 0.339 e. The van der Waals surface area contributed by atoms with E-state index in [1.54, 1.807) is 6.26 Å². The second-order valence-corrected chi connectivity index (χ2v) is 8.86. The number of carboxylic acid groups (broad SMARTS) is 1. The quantitative estimate of drug-likeness (QED) is 0.309. The number of benzene rings is 2. The van der Waals surface area contributed by atoms with Crippen molar-refractivity contribution in [1.82, 2.24) is 5.32 Å². The highest BCUT2D eigenvalue weighted by atomic mass is 16.4. The molecule has 0 radical (unpaired) electrons. The van der Waals surface area contributed by atoms with Crippen LogP contribution in [0.4, 0.5) is 0 Å². The van der Waals surface area contributed by atoms with Gasteiger partial charge in [0.05, 0.1) is 6.26 Å². The third kappa shape index (κ3) is 4.85. The molecule has 4 rings (SSSR count). The topological polar surface area (TPSA) is 110 Å². The van der Waals surface area contributed by atoms with Crippen LogP contribution in [0.2, 0.25) is 0 Å². The van der Waals surface area contributed by atoms with E-state index in [1.165, 1.54) is 0 Å². The van der Waals surface area contributed by atoms with E-state index >= 15 is 0 Å². The number of unbranched alkanes of at least 4 members (excludes halogenated alkanes) is 1. The Balaban J connectivity index is 1.67. The van der Waals surface area contributed by atoms with E-state index in [0.29, 0.717) is 29.6 Å². The fourth-order valence-corrected chi connectivity index (χ4v) is 4.50. The van der Waals surface area contributed by atoms with Gasteiger partial charge < -0.3 is 19.3 Å². The van der Waals surface area contributed by atoms with Gasteiger partial charge in [-0.2, -0.15) is 0 Å². The van der Waals surface area contributed by atoms with Gasteiger partial charge in [0, 0.05) is 33.9 Å². The second-order valence-electron chi connectivity index (χ2n) is 8.86. The van der Waals surface area contributed by atoms with Crippen LogP contribution in [0.5, 0.6) is 0 Å². The van der Waals surface area contributed by atoms with Crippen LogP contribution in [0.1, 0.15) is 49.3 Å². The van der Waals surface area contributed by atoms with Gasteiger partial charge >= 0.3 is 11.6 Å². The van der Waals surface area contributed by atoms with Crippen molar-refractivity contribution < 1.29 is 23.5 Å². The highest BCUT2D eigenvalue weighted by Crippen LogP contribution is 2.37. The lowest BCUT2D eigenvalue weighted by Crippen LogP contribution is -2.40. The highest BCUT2D eigenvalue weighted by Gasteiger charge is 2.22. The van der Waals surface area contributed by atoms with E-state index < -0.39 is 23.5 Å². The smallest absolute Gasteiger partial charge is 0.339 e. The summed E-state index contributed by atoms with van der Waals surface area (Å²) in [5.74, 6) is -1.46. The Kier molecular flexibility index (Phi) is 7.05. The average molecular weight is 476 g/mol. The number of amides is 1. The van der Waals surface area contributed by atoms with Gasteiger partial charge in [-0.15, -0.1) is 0 Å². The molecule has 0 bridgehead atoms. The van der Waals surface area contributed by atoms with Gasteiger partial charge in [-0.25, -0.2) is 9.59 Å². The van der Waals surface area contributed by atoms with Gasteiger partial charge in [-0.3, -0.25) is 4.79 Å². The van der Waals surface area contributed by atoms with Crippen LogP contribution in [-0.2, 0) is 16.0 Å². The Morgan fingerprint density at radius 2 is 1.80 bits per heavy atom. The standard InChI is InChI=1S/C28H29NO6/c1-4-5-11-23(27(31)32)29-24(30)13-12-19-16(2)20-14-21-22(18-9-7-6-8-10-18)15-34-25(21)17(3)26(20)35-28(19)33/h6-10,14-15,23H,4-5,11-13H2,1-3H3,(H,29,30)(H,31,32). The zero-order chi connectivity index (χ0) is 25.1. The molecule has 7 nitrogen and oxygen atoms in total. The Labute approximate surface area is 202 Å². The third-order valence-electron chi connectivity index (χ3n) is 6.51. The second kappa shape index (κ2) is 10.2. The predicted octanol–water partition coefficient (Wildman–Crippen LogP) is 5.52. The minimum atomic E-state index is -1.05. The molecule has 0 saturated carbocycles. The Hall–Kier alpha value is -3.87. The zero-order valence-electron chi connectivity index (χ0n) is 20.1. The summed E-state index contributed by atoms with van der Waals surface area (Å²) >= 11 is 0. The normalized spacial score (nSPS) is 12.2. The number of carbonyl (C=O) groups is 2. The van der Waals surface area contributed by atoms with E-state index in [2.05, 4.69) is 5.32 Å². The molecule has 0 fully saturated rings. The van der Waals surface area contributed by atoms with Crippen LogP contribution < -0.4 is 10.9 Å². The Morgan fingerprint density at radius 3 is 2.49 bits per heavy atom. The molecule has 2 heterocycles. The summed E-state index contributed by atoms with van der Waals surface area (Å²) in [5.41, 5.74) is 4.50. The summed E-state index contributed by atoms with van der Waals surface area (Å²) in [6.07, 6.45) is 3.78. The molecular formula is C28H29NO6. The molecule has 2 aromatic carbocycles. The first kappa shape index (κ1) is 24.3. The van der Waals surface area contributed by atoms with Gasteiger partial charge in [0.2, 0.25) is 5.91 Å². The SMILES string of the molecule is CCCCC(NC(=O)CCc1c(C)c2cc3c(-c4ccccc4)coc3c(C)c2oc1=O)C(=O)O. The van der Waals surface area contributed by atoms with Gasteiger partial charge in [-0.05, 0) is 43.9 Å². The lowest BCUT2D eigenvalue weighted by molar-refractivity contribution is -0.142. The minimum absolute atomic E-state index is 0.00475. The van der Waals surface area contributed by atoms with Gasteiger partial charge in [0.1, 0.15) is 17.2 Å². The van der Waals surface area contributed by atoms with Crippen LogP contribution in [0.3, 0.4) is 0 Å². The van der Waals surface area contributed by atoms with Crippen molar-refractivity contribution in [3.05, 3.63) is 69.8 Å². The van der Waals surface area contributed by atoms with Crippen molar-refractivity contribution in [2.24, 2.45) is 0 Å². The molecule has 35 heavy (non-hydrogen) atoms. The summed E-state index contributed by atoms with van der Waals surface area (Å²) in [7, 11) is 0. The maximum atomic E-state index is 12.8. The number of aryl methyl sites for hydroxylation is 2. The van der Waals surface area contributed by atoms with Crippen LogP contribution >= 0.6 is 0 Å². The summed E-state index contributed by atoms with van der Waals surface area (Å²) < 4.78 is 11.5. The van der Waals surface area contributed by atoms with Crippen molar-refractivity contribution in [3.63, 3.8) is 0 Å². The fourth-order valence-electron chi connectivity index (χ4n) is 4.50. The van der Waals surface area contributed by atoms with E-state index in [-0.39, 0.29) is 12.8 Å². The van der Waals surface area contributed by atoms with Crippen LogP contribution in [0.25, 0.3) is 33.1 Å². The number of rotatable bonds is 9. The van der Waals surface area contributed by atoms with Crippen molar-refractivity contribution in [3.8, 4) is 11.1 Å². The molecule has 2 N–H and O–H groups in total. The molecule has 0 spiro atoms. The number of hydrogen-bond donors (Lipinski definition) is 2. The maximum absolute atomic E-state index is 12.8. The number of carboxylic acids is 1. The summed E-state index contributed by atoms with van der Waals surface area (Å²) in [6.45, 7) is 5.67. The van der Waals surface area contributed by atoms with E-state index in [1.807, 2.05) is 57.2 Å².